The highest BCUT2D eigenvalue weighted by Gasteiger charge is 2.15. The summed E-state index contributed by atoms with van der Waals surface area (Å²) in [5.41, 5.74) is 1.62. The lowest BCUT2D eigenvalue weighted by Crippen LogP contribution is -2.39. The Morgan fingerprint density at radius 3 is 2.57 bits per heavy atom. The van der Waals surface area contributed by atoms with E-state index in [9.17, 15) is 13.9 Å². The number of anilines is 1. The first kappa shape index (κ1) is 20.3. The smallest absolute Gasteiger partial charge is 0.166 e. The Morgan fingerprint density at radius 1 is 1.00 bits per heavy atom. The van der Waals surface area contributed by atoms with Crippen molar-refractivity contribution in [2.24, 2.45) is 0 Å². The molecule has 0 radical (unpaired) electrons. The van der Waals surface area contributed by atoms with Crippen molar-refractivity contribution >= 4 is 5.82 Å². The van der Waals surface area contributed by atoms with Gasteiger partial charge in [0.2, 0.25) is 0 Å². The van der Waals surface area contributed by atoms with E-state index in [1.165, 1.54) is 12.1 Å². The minimum atomic E-state index is -0.911. The average Bonchev–Trinajstić information content (AvgIpc) is 2.76. The SMILES string of the molecule is Oc1ccccc1-c1cc(-c2cccc(F)c2F)cc(NCCN2CCOCC2)n1. The lowest BCUT2D eigenvalue weighted by molar-refractivity contribution is 0.0398. The van der Waals surface area contributed by atoms with Gasteiger partial charge in [-0.15, -0.1) is 0 Å². The number of aromatic hydroxyl groups is 1. The minimum Gasteiger partial charge on any atom is -0.507 e. The molecule has 156 valence electrons. The van der Waals surface area contributed by atoms with Gasteiger partial charge in [-0.05, 0) is 35.9 Å². The summed E-state index contributed by atoms with van der Waals surface area (Å²) in [6.45, 7) is 4.67. The number of rotatable bonds is 6. The Morgan fingerprint density at radius 2 is 1.77 bits per heavy atom. The van der Waals surface area contributed by atoms with Crippen LogP contribution in [0.15, 0.2) is 54.6 Å². The normalized spacial score (nSPS) is 14.6. The van der Waals surface area contributed by atoms with Crippen LogP contribution in [0.5, 0.6) is 5.75 Å². The van der Waals surface area contributed by atoms with Crippen LogP contribution in [0.2, 0.25) is 0 Å². The molecule has 30 heavy (non-hydrogen) atoms. The van der Waals surface area contributed by atoms with E-state index < -0.39 is 11.6 Å². The van der Waals surface area contributed by atoms with Gasteiger partial charge in [0, 0.05) is 37.3 Å². The zero-order valence-corrected chi connectivity index (χ0v) is 16.4. The summed E-state index contributed by atoms with van der Waals surface area (Å²) < 4.78 is 33.6. The maximum atomic E-state index is 14.4. The molecule has 1 aromatic heterocycles. The number of phenolic OH excluding ortho intramolecular Hbond substituents is 1. The van der Waals surface area contributed by atoms with E-state index in [-0.39, 0.29) is 11.3 Å². The Labute approximate surface area is 173 Å². The van der Waals surface area contributed by atoms with Crippen molar-refractivity contribution in [2.75, 3.05) is 44.7 Å². The molecule has 1 saturated heterocycles. The van der Waals surface area contributed by atoms with Crippen LogP contribution in [0.3, 0.4) is 0 Å². The van der Waals surface area contributed by atoms with Crippen LogP contribution in [0.1, 0.15) is 0 Å². The minimum absolute atomic E-state index is 0.0705. The molecule has 7 heteroatoms. The third-order valence-electron chi connectivity index (χ3n) is 5.11. The molecule has 2 N–H and O–H groups in total. The number of hydrogen-bond acceptors (Lipinski definition) is 5. The number of morpholine rings is 1. The molecule has 4 rings (SSSR count). The number of phenols is 1. The van der Waals surface area contributed by atoms with Crippen LogP contribution in [0, 0.1) is 11.6 Å². The number of nitrogens with zero attached hydrogens (tertiary/aromatic N) is 2. The predicted molar refractivity (Wildman–Crippen MR) is 112 cm³/mol. The Bertz CT molecular complexity index is 1020. The fourth-order valence-electron chi connectivity index (χ4n) is 3.50. The maximum absolute atomic E-state index is 14.4. The van der Waals surface area contributed by atoms with Gasteiger partial charge < -0.3 is 15.2 Å². The summed E-state index contributed by atoms with van der Waals surface area (Å²) in [6.07, 6.45) is 0. The summed E-state index contributed by atoms with van der Waals surface area (Å²) in [5.74, 6) is -1.22. The number of nitrogens with one attached hydrogen (secondary N) is 1. The molecular formula is C23H23F2N3O2. The Kier molecular flexibility index (Phi) is 6.21. The van der Waals surface area contributed by atoms with Gasteiger partial charge in [0.25, 0.3) is 0 Å². The van der Waals surface area contributed by atoms with Crippen molar-refractivity contribution in [2.45, 2.75) is 0 Å². The van der Waals surface area contributed by atoms with E-state index in [4.69, 9.17) is 4.74 Å². The summed E-state index contributed by atoms with van der Waals surface area (Å²) in [6, 6.07) is 14.2. The van der Waals surface area contributed by atoms with E-state index >= 15 is 0 Å². The van der Waals surface area contributed by atoms with Crippen LogP contribution in [-0.2, 0) is 4.74 Å². The first-order valence-corrected chi connectivity index (χ1v) is 9.90. The van der Waals surface area contributed by atoms with E-state index in [2.05, 4.69) is 15.2 Å². The van der Waals surface area contributed by atoms with Gasteiger partial charge in [-0.1, -0.05) is 24.3 Å². The highest BCUT2D eigenvalue weighted by atomic mass is 19.2. The lowest BCUT2D eigenvalue weighted by Gasteiger charge is -2.26. The molecule has 1 aliphatic rings. The summed E-state index contributed by atoms with van der Waals surface area (Å²) in [7, 11) is 0. The monoisotopic (exact) mass is 411 g/mol. The third kappa shape index (κ3) is 4.58. The highest BCUT2D eigenvalue weighted by molar-refractivity contribution is 5.76. The van der Waals surface area contributed by atoms with Crippen molar-refractivity contribution in [3.63, 3.8) is 0 Å². The van der Waals surface area contributed by atoms with E-state index in [1.54, 1.807) is 36.4 Å². The molecular weight excluding hydrogens is 388 g/mol. The standard InChI is InChI=1S/C23H23F2N3O2/c24-19-6-3-5-17(23(19)25)16-14-20(18-4-1-2-7-21(18)29)27-22(15-16)26-8-9-28-10-12-30-13-11-28/h1-7,14-15,29H,8-13H2,(H,26,27). The Hall–Kier alpha value is -3.03. The highest BCUT2D eigenvalue weighted by Crippen LogP contribution is 2.33. The molecule has 1 fully saturated rings. The van der Waals surface area contributed by atoms with Gasteiger partial charge >= 0.3 is 0 Å². The summed E-state index contributed by atoms with van der Waals surface area (Å²) in [4.78, 5) is 6.88. The molecule has 0 unspecified atom stereocenters. The zero-order valence-electron chi connectivity index (χ0n) is 16.4. The molecule has 3 aromatic rings. The maximum Gasteiger partial charge on any atom is 0.166 e. The fraction of sp³-hybridized carbons (Fsp3) is 0.261. The van der Waals surface area contributed by atoms with E-state index in [0.29, 0.717) is 29.2 Å². The molecule has 0 saturated carbocycles. The molecule has 0 atom stereocenters. The van der Waals surface area contributed by atoms with Gasteiger partial charge in [0.05, 0.1) is 18.9 Å². The second-order valence-electron chi connectivity index (χ2n) is 7.13. The fourth-order valence-corrected chi connectivity index (χ4v) is 3.50. The van der Waals surface area contributed by atoms with E-state index in [0.717, 1.165) is 38.9 Å². The number of pyridine rings is 1. The number of halogens is 2. The van der Waals surface area contributed by atoms with Crippen LogP contribution in [-0.4, -0.2) is 54.4 Å². The number of hydrogen-bond donors (Lipinski definition) is 2. The molecule has 5 nitrogen and oxygen atoms in total. The van der Waals surface area contributed by atoms with Crippen molar-refractivity contribution in [3.8, 4) is 28.1 Å². The van der Waals surface area contributed by atoms with Gasteiger partial charge in [0.15, 0.2) is 11.6 Å². The first-order valence-electron chi connectivity index (χ1n) is 9.90. The van der Waals surface area contributed by atoms with Crippen molar-refractivity contribution in [3.05, 3.63) is 66.2 Å². The van der Waals surface area contributed by atoms with Crippen molar-refractivity contribution < 1.29 is 18.6 Å². The van der Waals surface area contributed by atoms with Crippen LogP contribution >= 0.6 is 0 Å². The number of ether oxygens (including phenoxy) is 1. The average molecular weight is 411 g/mol. The van der Waals surface area contributed by atoms with Crippen LogP contribution in [0.25, 0.3) is 22.4 Å². The molecule has 1 aliphatic heterocycles. The van der Waals surface area contributed by atoms with Gasteiger partial charge in [-0.25, -0.2) is 13.8 Å². The van der Waals surface area contributed by atoms with Gasteiger partial charge in [-0.3, -0.25) is 4.90 Å². The third-order valence-corrected chi connectivity index (χ3v) is 5.11. The topological polar surface area (TPSA) is 57.6 Å². The molecule has 2 heterocycles. The number of aromatic nitrogens is 1. The molecule has 0 aliphatic carbocycles. The van der Waals surface area contributed by atoms with Crippen LogP contribution in [0.4, 0.5) is 14.6 Å². The van der Waals surface area contributed by atoms with Gasteiger partial charge in [0.1, 0.15) is 11.6 Å². The number of benzene rings is 2. The number of para-hydroxylation sites is 1. The quantitative estimate of drug-likeness (QED) is 0.638. The molecule has 2 aromatic carbocycles. The summed E-state index contributed by atoms with van der Waals surface area (Å²) in [5, 5.41) is 13.5. The largest absolute Gasteiger partial charge is 0.507 e. The van der Waals surface area contributed by atoms with E-state index in [1.807, 2.05) is 0 Å². The second-order valence-corrected chi connectivity index (χ2v) is 7.13. The van der Waals surface area contributed by atoms with Crippen molar-refractivity contribution in [1.29, 1.82) is 0 Å². The first-order chi connectivity index (χ1) is 14.6. The van der Waals surface area contributed by atoms with Gasteiger partial charge in [-0.2, -0.15) is 0 Å². The Balaban J connectivity index is 1.65. The summed E-state index contributed by atoms with van der Waals surface area (Å²) >= 11 is 0. The zero-order chi connectivity index (χ0) is 20.9. The second kappa shape index (κ2) is 9.19. The predicted octanol–water partition coefficient (Wildman–Crippen LogP) is 4.14. The van der Waals surface area contributed by atoms with Crippen molar-refractivity contribution in [1.82, 2.24) is 9.88 Å². The van der Waals surface area contributed by atoms with Crippen LogP contribution < -0.4 is 5.32 Å². The molecule has 0 bridgehead atoms. The molecule has 0 amide bonds. The molecule has 0 spiro atoms. The lowest BCUT2D eigenvalue weighted by atomic mass is 10.0.